The third-order valence-corrected chi connectivity index (χ3v) is 3.71. The highest BCUT2D eigenvalue weighted by molar-refractivity contribution is 5.95. The summed E-state index contributed by atoms with van der Waals surface area (Å²) in [5.41, 5.74) is 1.76. The van der Waals surface area contributed by atoms with E-state index in [-0.39, 0.29) is 18.9 Å². The normalized spacial score (nSPS) is 11.4. The number of hydrogen-bond acceptors (Lipinski definition) is 5. The largest absolute Gasteiger partial charge is 0.494 e. The summed E-state index contributed by atoms with van der Waals surface area (Å²) in [7, 11) is 0. The number of hydrogen-bond donors (Lipinski definition) is 1. The lowest BCUT2D eigenvalue weighted by Crippen LogP contribution is -2.30. The van der Waals surface area contributed by atoms with Crippen LogP contribution in [0.2, 0.25) is 0 Å². The van der Waals surface area contributed by atoms with Crippen LogP contribution in [0.3, 0.4) is 0 Å². The molecule has 0 bridgehead atoms. The molecule has 0 heterocycles. The minimum Gasteiger partial charge on any atom is -0.494 e. The molecule has 6 nitrogen and oxygen atoms in total. The Morgan fingerprint density at radius 2 is 1.56 bits per heavy atom. The van der Waals surface area contributed by atoms with Crippen LogP contribution in [-0.2, 0) is 14.3 Å². The van der Waals surface area contributed by atoms with Crippen LogP contribution in [0.15, 0.2) is 48.5 Å². The molecule has 2 rings (SSSR count). The Balaban J connectivity index is 1.71. The van der Waals surface area contributed by atoms with Crippen molar-refractivity contribution in [3.8, 4) is 11.5 Å². The van der Waals surface area contributed by atoms with Gasteiger partial charge in [0.1, 0.15) is 11.5 Å². The van der Waals surface area contributed by atoms with Crippen molar-refractivity contribution in [1.82, 2.24) is 0 Å². The van der Waals surface area contributed by atoms with Gasteiger partial charge in [-0.2, -0.15) is 0 Å². The number of ether oxygens (including phenoxy) is 3. The van der Waals surface area contributed by atoms with Gasteiger partial charge in [0, 0.05) is 5.69 Å². The number of carbonyl (C=O) groups excluding carboxylic acids is 2. The minimum atomic E-state index is -0.885. The first-order valence-corrected chi connectivity index (χ1v) is 8.90. The fourth-order valence-corrected chi connectivity index (χ4v) is 2.24. The highest BCUT2D eigenvalue weighted by Gasteiger charge is 2.17. The van der Waals surface area contributed by atoms with E-state index in [9.17, 15) is 9.59 Å². The molecule has 0 aliphatic carbocycles. The van der Waals surface area contributed by atoms with Crippen LogP contribution in [0.1, 0.15) is 25.8 Å². The highest BCUT2D eigenvalue weighted by Crippen LogP contribution is 2.17. The second kappa shape index (κ2) is 10.2. The van der Waals surface area contributed by atoms with Crippen molar-refractivity contribution in [2.75, 3.05) is 18.5 Å². The maximum Gasteiger partial charge on any atom is 0.310 e. The molecule has 1 N–H and O–H groups in total. The lowest BCUT2D eigenvalue weighted by molar-refractivity contribution is -0.153. The average molecular weight is 371 g/mol. The Bertz CT molecular complexity index is 740. The molecule has 27 heavy (non-hydrogen) atoms. The predicted octanol–water partition coefficient (Wildman–Crippen LogP) is 3.73. The number of nitrogens with one attached hydrogen (secondary N) is 1. The molecule has 1 unspecified atom stereocenters. The smallest absolute Gasteiger partial charge is 0.310 e. The number of rotatable bonds is 9. The summed E-state index contributed by atoms with van der Waals surface area (Å²) in [5.74, 6) is 0.529. The van der Waals surface area contributed by atoms with E-state index in [2.05, 4.69) is 5.32 Å². The third-order valence-electron chi connectivity index (χ3n) is 3.71. The van der Waals surface area contributed by atoms with Crippen LogP contribution in [-0.4, -0.2) is 31.2 Å². The van der Waals surface area contributed by atoms with Gasteiger partial charge in [-0.15, -0.1) is 0 Å². The molecule has 6 heteroatoms. The van der Waals surface area contributed by atoms with E-state index in [1.165, 1.54) is 6.92 Å². The lowest BCUT2D eigenvalue weighted by Gasteiger charge is -2.14. The zero-order valence-corrected chi connectivity index (χ0v) is 15.9. The molecule has 0 radical (unpaired) electrons. The maximum atomic E-state index is 12.1. The van der Waals surface area contributed by atoms with Crippen molar-refractivity contribution in [3.05, 3.63) is 54.1 Å². The van der Waals surface area contributed by atoms with Gasteiger partial charge in [-0.1, -0.05) is 17.7 Å². The van der Waals surface area contributed by atoms with Crippen molar-refractivity contribution < 1.29 is 23.8 Å². The quantitative estimate of drug-likeness (QED) is 0.680. The predicted molar refractivity (Wildman–Crippen MR) is 103 cm³/mol. The molecule has 2 aromatic rings. The standard InChI is InChI=1S/C21H25NO5/c1-4-25-18-9-11-19(12-10-18)26-14-13-20(23)27-16(3)21(24)22-17-7-5-15(2)6-8-17/h5-12,16H,4,13-14H2,1-3H3,(H,22,24). The maximum absolute atomic E-state index is 12.1. The molecule has 0 aliphatic rings. The van der Waals surface area contributed by atoms with Crippen molar-refractivity contribution >= 4 is 17.6 Å². The lowest BCUT2D eigenvalue weighted by atomic mass is 10.2. The van der Waals surface area contributed by atoms with Gasteiger partial charge in [0.05, 0.1) is 19.6 Å². The van der Waals surface area contributed by atoms with E-state index in [1.807, 2.05) is 26.0 Å². The summed E-state index contributed by atoms with van der Waals surface area (Å²) in [4.78, 5) is 24.0. The number of esters is 1. The third kappa shape index (κ3) is 7.01. The first-order chi connectivity index (χ1) is 13.0. The van der Waals surface area contributed by atoms with E-state index < -0.39 is 12.1 Å². The Morgan fingerprint density at radius 3 is 2.15 bits per heavy atom. The van der Waals surface area contributed by atoms with Crippen LogP contribution in [0.5, 0.6) is 11.5 Å². The van der Waals surface area contributed by atoms with Gasteiger partial charge in [0.25, 0.3) is 5.91 Å². The van der Waals surface area contributed by atoms with E-state index in [1.54, 1.807) is 36.4 Å². The molecular weight excluding hydrogens is 346 g/mol. The zero-order chi connectivity index (χ0) is 19.6. The second-order valence-electron chi connectivity index (χ2n) is 5.99. The van der Waals surface area contributed by atoms with Gasteiger partial charge in [-0.25, -0.2) is 0 Å². The number of benzene rings is 2. The molecule has 0 fully saturated rings. The topological polar surface area (TPSA) is 73.9 Å². The van der Waals surface area contributed by atoms with Crippen LogP contribution >= 0.6 is 0 Å². The van der Waals surface area contributed by atoms with Gasteiger partial charge in [-0.3, -0.25) is 9.59 Å². The first kappa shape index (κ1) is 20.3. The number of anilines is 1. The van der Waals surface area contributed by atoms with E-state index in [0.29, 0.717) is 18.0 Å². The fourth-order valence-electron chi connectivity index (χ4n) is 2.24. The molecule has 0 saturated carbocycles. The fraction of sp³-hybridized carbons (Fsp3) is 0.333. The molecule has 2 aromatic carbocycles. The number of aryl methyl sites for hydroxylation is 1. The van der Waals surface area contributed by atoms with Crippen LogP contribution < -0.4 is 14.8 Å². The Kier molecular flexibility index (Phi) is 7.67. The molecule has 0 spiro atoms. The zero-order valence-electron chi connectivity index (χ0n) is 15.9. The summed E-state index contributed by atoms with van der Waals surface area (Å²) in [6.07, 6.45) is -0.834. The summed E-state index contributed by atoms with van der Waals surface area (Å²) in [6, 6.07) is 14.5. The second-order valence-corrected chi connectivity index (χ2v) is 5.99. The highest BCUT2D eigenvalue weighted by atomic mass is 16.5. The summed E-state index contributed by atoms with van der Waals surface area (Å²) < 4.78 is 16.0. The Hall–Kier alpha value is -3.02. The van der Waals surface area contributed by atoms with Gasteiger partial charge in [0.15, 0.2) is 6.10 Å². The molecule has 1 atom stereocenters. The van der Waals surface area contributed by atoms with Gasteiger partial charge in [0.2, 0.25) is 0 Å². The molecular formula is C21H25NO5. The van der Waals surface area contributed by atoms with E-state index >= 15 is 0 Å². The van der Waals surface area contributed by atoms with Crippen molar-refractivity contribution in [1.29, 1.82) is 0 Å². The average Bonchev–Trinajstić information content (AvgIpc) is 2.65. The van der Waals surface area contributed by atoms with Gasteiger partial charge in [-0.05, 0) is 57.2 Å². The van der Waals surface area contributed by atoms with Gasteiger partial charge >= 0.3 is 5.97 Å². The first-order valence-electron chi connectivity index (χ1n) is 8.90. The molecule has 0 aromatic heterocycles. The summed E-state index contributed by atoms with van der Waals surface area (Å²) in [5, 5.41) is 2.71. The van der Waals surface area contributed by atoms with Crippen molar-refractivity contribution in [2.24, 2.45) is 0 Å². The Labute approximate surface area is 159 Å². The molecule has 144 valence electrons. The van der Waals surface area contributed by atoms with Crippen molar-refractivity contribution in [3.63, 3.8) is 0 Å². The van der Waals surface area contributed by atoms with Crippen molar-refractivity contribution in [2.45, 2.75) is 33.3 Å². The molecule has 0 aliphatic heterocycles. The molecule has 0 saturated heterocycles. The van der Waals surface area contributed by atoms with Crippen LogP contribution in [0, 0.1) is 6.92 Å². The van der Waals surface area contributed by atoms with E-state index in [0.717, 1.165) is 11.3 Å². The SMILES string of the molecule is CCOc1ccc(OCCC(=O)OC(C)C(=O)Nc2ccc(C)cc2)cc1. The monoisotopic (exact) mass is 371 g/mol. The van der Waals surface area contributed by atoms with Gasteiger partial charge < -0.3 is 19.5 Å². The van der Waals surface area contributed by atoms with E-state index in [4.69, 9.17) is 14.2 Å². The van der Waals surface area contributed by atoms with Crippen LogP contribution in [0.25, 0.3) is 0 Å². The summed E-state index contributed by atoms with van der Waals surface area (Å²) in [6.45, 7) is 6.18. The Morgan fingerprint density at radius 1 is 0.963 bits per heavy atom. The minimum absolute atomic E-state index is 0.0510. The molecule has 1 amide bonds. The number of carbonyl (C=O) groups is 2. The number of amides is 1. The van der Waals surface area contributed by atoms with Crippen LogP contribution in [0.4, 0.5) is 5.69 Å². The summed E-state index contributed by atoms with van der Waals surface area (Å²) >= 11 is 0.